The van der Waals surface area contributed by atoms with Gasteiger partial charge in [-0.1, -0.05) is 25.1 Å². The highest BCUT2D eigenvalue weighted by Crippen LogP contribution is 2.23. The predicted octanol–water partition coefficient (Wildman–Crippen LogP) is 3.11. The van der Waals surface area contributed by atoms with Gasteiger partial charge < -0.3 is 10.6 Å². The van der Waals surface area contributed by atoms with E-state index < -0.39 is 0 Å². The number of hydrogen-bond acceptors (Lipinski definition) is 2. The first-order valence-corrected chi connectivity index (χ1v) is 7.17. The largest absolute Gasteiger partial charge is 0.339 e. The van der Waals surface area contributed by atoms with Crippen molar-refractivity contribution in [2.24, 2.45) is 11.7 Å². The summed E-state index contributed by atoms with van der Waals surface area (Å²) in [6.07, 6.45) is 2.24. The van der Waals surface area contributed by atoms with Gasteiger partial charge in [-0.2, -0.15) is 0 Å². The van der Waals surface area contributed by atoms with Crippen molar-refractivity contribution < 1.29 is 9.18 Å². The number of benzene rings is 1. The second kappa shape index (κ2) is 8.00. The molecule has 20 heavy (non-hydrogen) atoms. The predicted molar refractivity (Wildman–Crippen MR) is 79.7 cm³/mol. The fourth-order valence-electron chi connectivity index (χ4n) is 2.21. The number of nitrogens with zero attached hydrogens (tertiary/aromatic N) is 1. The highest BCUT2D eigenvalue weighted by molar-refractivity contribution is 5.76. The van der Waals surface area contributed by atoms with E-state index in [-0.39, 0.29) is 17.8 Å². The van der Waals surface area contributed by atoms with Gasteiger partial charge in [0.1, 0.15) is 5.82 Å². The van der Waals surface area contributed by atoms with Crippen molar-refractivity contribution >= 4 is 5.91 Å². The van der Waals surface area contributed by atoms with Crippen molar-refractivity contribution in [3.8, 4) is 0 Å². The van der Waals surface area contributed by atoms with Gasteiger partial charge in [-0.15, -0.1) is 0 Å². The maximum absolute atomic E-state index is 13.7. The third-order valence-electron chi connectivity index (χ3n) is 3.84. The van der Waals surface area contributed by atoms with Crippen LogP contribution in [0.5, 0.6) is 0 Å². The van der Waals surface area contributed by atoms with Gasteiger partial charge in [0.05, 0.1) is 6.04 Å². The van der Waals surface area contributed by atoms with Crippen LogP contribution in [0, 0.1) is 11.7 Å². The number of hydrogen-bond donors (Lipinski definition) is 1. The molecule has 0 fully saturated rings. The Morgan fingerprint density at radius 2 is 1.95 bits per heavy atom. The van der Waals surface area contributed by atoms with E-state index in [0.717, 1.165) is 12.8 Å². The fraction of sp³-hybridized carbons (Fsp3) is 0.562. The third-order valence-corrected chi connectivity index (χ3v) is 3.84. The Labute approximate surface area is 121 Å². The molecule has 2 atom stereocenters. The van der Waals surface area contributed by atoms with E-state index in [4.69, 9.17) is 5.73 Å². The number of rotatable bonds is 7. The van der Waals surface area contributed by atoms with Crippen molar-refractivity contribution in [3.63, 3.8) is 0 Å². The van der Waals surface area contributed by atoms with Crippen LogP contribution in [0.25, 0.3) is 0 Å². The molecule has 0 saturated heterocycles. The van der Waals surface area contributed by atoms with E-state index in [2.05, 4.69) is 6.92 Å². The first kappa shape index (κ1) is 16.6. The minimum Gasteiger partial charge on any atom is -0.339 e. The van der Waals surface area contributed by atoms with Crippen molar-refractivity contribution in [1.82, 2.24) is 4.90 Å². The lowest BCUT2D eigenvalue weighted by Gasteiger charge is -2.26. The van der Waals surface area contributed by atoms with Crippen LogP contribution >= 0.6 is 0 Å². The zero-order valence-corrected chi connectivity index (χ0v) is 12.6. The lowest BCUT2D eigenvalue weighted by atomic mass is 10.0. The Morgan fingerprint density at radius 3 is 2.55 bits per heavy atom. The molecule has 1 amide bonds. The maximum Gasteiger partial charge on any atom is 0.222 e. The summed E-state index contributed by atoms with van der Waals surface area (Å²) < 4.78 is 13.7. The molecular weight excluding hydrogens is 255 g/mol. The Hall–Kier alpha value is -1.42. The van der Waals surface area contributed by atoms with Gasteiger partial charge in [0.25, 0.3) is 0 Å². The molecule has 1 aromatic carbocycles. The van der Waals surface area contributed by atoms with E-state index >= 15 is 0 Å². The molecule has 1 aromatic rings. The van der Waals surface area contributed by atoms with E-state index in [1.807, 2.05) is 6.92 Å². The second-order valence-electron chi connectivity index (χ2n) is 5.42. The molecule has 0 saturated carbocycles. The van der Waals surface area contributed by atoms with Crippen molar-refractivity contribution in [2.75, 3.05) is 13.6 Å². The third kappa shape index (κ3) is 4.60. The Morgan fingerprint density at radius 1 is 1.30 bits per heavy atom. The molecule has 0 spiro atoms. The number of carbonyl (C=O) groups is 1. The summed E-state index contributed by atoms with van der Waals surface area (Å²) in [5, 5.41) is 0. The number of halogens is 1. The Balaban J connectivity index is 2.58. The standard InChI is InChI=1S/C16H25FN2O/c1-12(10-11-18)8-9-16(20)19(3)13(2)14-6-4-5-7-15(14)17/h4-7,12-13H,8-11,18H2,1-3H3. The molecule has 4 heteroatoms. The summed E-state index contributed by atoms with van der Waals surface area (Å²) in [6, 6.07) is 6.33. The summed E-state index contributed by atoms with van der Waals surface area (Å²) in [6.45, 7) is 4.59. The van der Waals surface area contributed by atoms with E-state index in [1.54, 1.807) is 30.1 Å². The van der Waals surface area contributed by atoms with Gasteiger partial charge >= 0.3 is 0 Å². The Kier molecular flexibility index (Phi) is 6.65. The average Bonchev–Trinajstić information content (AvgIpc) is 2.44. The van der Waals surface area contributed by atoms with Crippen LogP contribution in [-0.4, -0.2) is 24.4 Å². The van der Waals surface area contributed by atoms with Crippen molar-refractivity contribution in [1.29, 1.82) is 0 Å². The normalized spacial score (nSPS) is 13.8. The van der Waals surface area contributed by atoms with Gasteiger partial charge in [-0.05, 0) is 38.3 Å². The lowest BCUT2D eigenvalue weighted by Crippen LogP contribution is -2.30. The van der Waals surface area contributed by atoms with E-state index in [9.17, 15) is 9.18 Å². The Bertz CT molecular complexity index is 436. The molecule has 0 aromatic heterocycles. The molecule has 0 aliphatic rings. The number of carbonyl (C=O) groups excluding carboxylic acids is 1. The summed E-state index contributed by atoms with van der Waals surface area (Å²) in [7, 11) is 1.73. The first-order chi connectivity index (χ1) is 9.47. The first-order valence-electron chi connectivity index (χ1n) is 7.17. The molecule has 2 unspecified atom stereocenters. The molecular formula is C16H25FN2O. The van der Waals surface area contributed by atoms with Gasteiger partial charge in [0.2, 0.25) is 5.91 Å². The molecule has 2 N–H and O–H groups in total. The fourth-order valence-corrected chi connectivity index (χ4v) is 2.21. The van der Waals surface area contributed by atoms with E-state index in [1.165, 1.54) is 6.07 Å². The number of nitrogens with two attached hydrogens (primary N) is 1. The smallest absolute Gasteiger partial charge is 0.222 e. The van der Waals surface area contributed by atoms with Crippen LogP contribution in [0.1, 0.15) is 44.7 Å². The molecule has 0 aliphatic carbocycles. The molecule has 0 bridgehead atoms. The monoisotopic (exact) mass is 280 g/mol. The molecule has 3 nitrogen and oxygen atoms in total. The number of amides is 1. The summed E-state index contributed by atoms with van der Waals surface area (Å²) >= 11 is 0. The highest BCUT2D eigenvalue weighted by Gasteiger charge is 2.20. The van der Waals surface area contributed by atoms with Gasteiger partial charge in [-0.25, -0.2) is 4.39 Å². The topological polar surface area (TPSA) is 46.3 Å². The van der Waals surface area contributed by atoms with Crippen LogP contribution in [0.15, 0.2) is 24.3 Å². The zero-order chi connectivity index (χ0) is 15.1. The summed E-state index contributed by atoms with van der Waals surface area (Å²) in [4.78, 5) is 13.8. The molecule has 0 heterocycles. The SMILES string of the molecule is CC(CCN)CCC(=O)N(C)C(C)c1ccccc1F. The molecule has 112 valence electrons. The molecule has 0 aliphatic heterocycles. The maximum atomic E-state index is 13.7. The van der Waals surface area contributed by atoms with Crippen molar-refractivity contribution in [2.45, 2.75) is 39.2 Å². The minimum atomic E-state index is -0.267. The molecule has 0 radical (unpaired) electrons. The minimum absolute atomic E-state index is 0.0459. The quantitative estimate of drug-likeness (QED) is 0.834. The molecule has 1 rings (SSSR count). The van der Waals surface area contributed by atoms with Gasteiger partial charge in [-0.3, -0.25) is 4.79 Å². The van der Waals surface area contributed by atoms with Crippen LogP contribution in [-0.2, 0) is 4.79 Å². The zero-order valence-electron chi connectivity index (χ0n) is 12.6. The second-order valence-corrected chi connectivity index (χ2v) is 5.42. The van der Waals surface area contributed by atoms with Crippen LogP contribution in [0.3, 0.4) is 0 Å². The highest BCUT2D eigenvalue weighted by atomic mass is 19.1. The summed E-state index contributed by atoms with van der Waals surface area (Å²) in [5.41, 5.74) is 6.05. The van der Waals surface area contributed by atoms with Crippen LogP contribution < -0.4 is 5.73 Å². The van der Waals surface area contributed by atoms with Crippen LogP contribution in [0.4, 0.5) is 4.39 Å². The summed E-state index contributed by atoms with van der Waals surface area (Å²) in [5.74, 6) is 0.224. The van der Waals surface area contributed by atoms with Gasteiger partial charge in [0, 0.05) is 19.0 Å². The van der Waals surface area contributed by atoms with Gasteiger partial charge in [0.15, 0.2) is 0 Å². The average molecular weight is 280 g/mol. The lowest BCUT2D eigenvalue weighted by molar-refractivity contribution is -0.132. The van der Waals surface area contributed by atoms with Crippen molar-refractivity contribution in [3.05, 3.63) is 35.6 Å². The van der Waals surface area contributed by atoms with Crippen LogP contribution in [0.2, 0.25) is 0 Å². The van der Waals surface area contributed by atoms with E-state index in [0.29, 0.717) is 24.4 Å².